The maximum absolute atomic E-state index is 12.9. The fourth-order valence-corrected chi connectivity index (χ4v) is 4.94. The molecule has 0 unspecified atom stereocenters. The van der Waals surface area contributed by atoms with Gasteiger partial charge in [-0.05, 0) is 43.3 Å². The van der Waals surface area contributed by atoms with Crippen LogP contribution in [0.15, 0.2) is 53.7 Å². The van der Waals surface area contributed by atoms with Gasteiger partial charge in [-0.3, -0.25) is 9.36 Å². The summed E-state index contributed by atoms with van der Waals surface area (Å²) in [4.78, 5) is 17.2. The molecule has 174 valence electrons. The monoisotopic (exact) mass is 463 g/mol. The lowest BCUT2D eigenvalue weighted by Crippen LogP contribution is -2.48. The van der Waals surface area contributed by atoms with E-state index in [4.69, 9.17) is 0 Å². The number of rotatable bonds is 7. The van der Waals surface area contributed by atoms with Gasteiger partial charge in [-0.25, -0.2) is 0 Å². The molecular formula is C26H33N5OS. The second-order valence-electron chi connectivity index (χ2n) is 8.88. The van der Waals surface area contributed by atoms with Crippen molar-refractivity contribution in [2.75, 3.05) is 32.7 Å². The number of thioether (sulfide) groups is 1. The minimum Gasteiger partial charge on any atom is -0.336 e. The van der Waals surface area contributed by atoms with Crippen LogP contribution in [0.4, 0.5) is 0 Å². The Hall–Kier alpha value is -2.64. The van der Waals surface area contributed by atoms with E-state index in [0.29, 0.717) is 0 Å². The third-order valence-electron chi connectivity index (χ3n) is 6.14. The van der Waals surface area contributed by atoms with Crippen molar-refractivity contribution in [1.82, 2.24) is 24.6 Å². The molecule has 0 saturated carbocycles. The Morgan fingerprint density at radius 3 is 2.24 bits per heavy atom. The molecule has 4 rings (SSSR count). The highest BCUT2D eigenvalue weighted by molar-refractivity contribution is 7.98. The van der Waals surface area contributed by atoms with E-state index in [0.717, 1.165) is 66.3 Å². The Morgan fingerprint density at radius 2 is 1.64 bits per heavy atom. The van der Waals surface area contributed by atoms with Gasteiger partial charge >= 0.3 is 0 Å². The van der Waals surface area contributed by atoms with E-state index in [1.165, 1.54) is 5.56 Å². The molecule has 1 saturated heterocycles. The van der Waals surface area contributed by atoms with Gasteiger partial charge < -0.3 is 9.80 Å². The summed E-state index contributed by atoms with van der Waals surface area (Å²) in [6, 6.07) is 16.5. The zero-order chi connectivity index (χ0) is 23.4. The molecule has 1 amide bonds. The Labute approximate surface area is 201 Å². The Bertz CT molecular complexity index is 1070. The van der Waals surface area contributed by atoms with Crippen molar-refractivity contribution < 1.29 is 4.79 Å². The van der Waals surface area contributed by atoms with Crippen molar-refractivity contribution in [3.05, 3.63) is 71.0 Å². The molecule has 33 heavy (non-hydrogen) atoms. The largest absolute Gasteiger partial charge is 0.336 e. The molecule has 1 aliphatic heterocycles. The third kappa shape index (κ3) is 5.47. The summed E-state index contributed by atoms with van der Waals surface area (Å²) in [5.41, 5.74) is 4.24. The average Bonchev–Trinajstić information content (AvgIpc) is 3.27. The van der Waals surface area contributed by atoms with Crippen LogP contribution >= 0.6 is 11.8 Å². The van der Waals surface area contributed by atoms with Crippen molar-refractivity contribution >= 4 is 17.7 Å². The summed E-state index contributed by atoms with van der Waals surface area (Å²) in [6.45, 7) is 13.1. The first kappa shape index (κ1) is 23.5. The Balaban J connectivity index is 1.44. The molecule has 7 heteroatoms. The van der Waals surface area contributed by atoms with E-state index in [9.17, 15) is 4.79 Å². The number of piperazine rings is 1. The van der Waals surface area contributed by atoms with Gasteiger partial charge in [0, 0.05) is 49.1 Å². The summed E-state index contributed by atoms with van der Waals surface area (Å²) in [5, 5.41) is 9.83. The fraction of sp³-hybridized carbons (Fsp3) is 0.423. The molecule has 0 spiro atoms. The van der Waals surface area contributed by atoms with Gasteiger partial charge in [-0.1, -0.05) is 62.4 Å². The average molecular weight is 464 g/mol. The lowest BCUT2D eigenvalue weighted by molar-refractivity contribution is 0.0643. The Morgan fingerprint density at radius 1 is 0.970 bits per heavy atom. The minimum atomic E-state index is 0.130. The van der Waals surface area contributed by atoms with E-state index < -0.39 is 0 Å². The predicted octanol–water partition coefficient (Wildman–Crippen LogP) is 4.77. The van der Waals surface area contributed by atoms with Crippen LogP contribution < -0.4 is 0 Å². The molecule has 1 fully saturated rings. The van der Waals surface area contributed by atoms with Gasteiger partial charge in [0.05, 0.1) is 0 Å². The fourth-order valence-electron chi connectivity index (χ4n) is 4.03. The quantitative estimate of drug-likeness (QED) is 0.473. The molecular weight excluding hydrogens is 430 g/mol. The molecule has 1 aromatic heterocycles. The number of hydrogen-bond acceptors (Lipinski definition) is 5. The van der Waals surface area contributed by atoms with E-state index in [1.807, 2.05) is 17.0 Å². The molecule has 0 atom stereocenters. The number of hydrogen-bond donors (Lipinski definition) is 0. The number of carbonyl (C=O) groups is 1. The predicted molar refractivity (Wildman–Crippen MR) is 134 cm³/mol. The van der Waals surface area contributed by atoms with Crippen LogP contribution in [-0.4, -0.2) is 63.2 Å². The smallest absolute Gasteiger partial charge is 0.253 e. The van der Waals surface area contributed by atoms with Gasteiger partial charge in [-0.15, -0.1) is 10.2 Å². The van der Waals surface area contributed by atoms with Crippen molar-refractivity contribution in [3.8, 4) is 5.69 Å². The van der Waals surface area contributed by atoms with Gasteiger partial charge in [0.15, 0.2) is 5.16 Å². The number of amides is 1. The standard InChI is InChI=1S/C26H33N5OS/c1-5-29-14-16-30(17-15-29)25(32)22-10-8-21(9-11-22)18-33-26-28-27-24(19(2)3)31(26)23-12-6-20(4)7-13-23/h6-13,19H,5,14-18H2,1-4H3. The number of benzene rings is 2. The number of likely N-dealkylation sites (N-methyl/N-ethyl adjacent to an activating group) is 1. The van der Waals surface area contributed by atoms with Crippen LogP contribution in [0.5, 0.6) is 0 Å². The highest BCUT2D eigenvalue weighted by Gasteiger charge is 2.21. The normalized spacial score (nSPS) is 14.8. The maximum Gasteiger partial charge on any atom is 0.253 e. The number of aromatic nitrogens is 3. The highest BCUT2D eigenvalue weighted by Crippen LogP contribution is 2.28. The van der Waals surface area contributed by atoms with Crippen LogP contribution in [0.3, 0.4) is 0 Å². The molecule has 0 N–H and O–H groups in total. The summed E-state index contributed by atoms with van der Waals surface area (Å²) < 4.78 is 2.16. The van der Waals surface area contributed by atoms with Crippen molar-refractivity contribution in [3.63, 3.8) is 0 Å². The van der Waals surface area contributed by atoms with Gasteiger partial charge in [-0.2, -0.15) is 0 Å². The zero-order valence-corrected chi connectivity index (χ0v) is 20.8. The van der Waals surface area contributed by atoms with E-state index in [1.54, 1.807) is 11.8 Å². The van der Waals surface area contributed by atoms with E-state index >= 15 is 0 Å². The first-order valence-electron chi connectivity index (χ1n) is 11.7. The number of nitrogens with zero attached hydrogens (tertiary/aromatic N) is 5. The topological polar surface area (TPSA) is 54.3 Å². The lowest BCUT2D eigenvalue weighted by Gasteiger charge is -2.34. The molecule has 2 aromatic carbocycles. The summed E-state index contributed by atoms with van der Waals surface area (Å²) >= 11 is 1.67. The van der Waals surface area contributed by atoms with Gasteiger partial charge in [0.25, 0.3) is 5.91 Å². The SMILES string of the molecule is CCN1CCN(C(=O)c2ccc(CSc3nnc(C(C)C)n3-c3ccc(C)cc3)cc2)CC1. The summed E-state index contributed by atoms with van der Waals surface area (Å²) in [7, 11) is 0. The summed E-state index contributed by atoms with van der Waals surface area (Å²) in [6.07, 6.45) is 0. The van der Waals surface area contributed by atoms with Crippen LogP contribution in [0.2, 0.25) is 0 Å². The molecule has 1 aliphatic rings. The second-order valence-corrected chi connectivity index (χ2v) is 9.82. The van der Waals surface area contributed by atoms with E-state index in [2.05, 4.69) is 83.8 Å². The second kappa shape index (κ2) is 10.5. The first-order valence-corrected chi connectivity index (χ1v) is 12.7. The van der Waals surface area contributed by atoms with Crippen LogP contribution in [0, 0.1) is 6.92 Å². The molecule has 0 radical (unpaired) electrons. The number of aryl methyl sites for hydroxylation is 1. The van der Waals surface area contributed by atoms with Crippen molar-refractivity contribution in [2.24, 2.45) is 0 Å². The van der Waals surface area contributed by atoms with Crippen LogP contribution in [0.25, 0.3) is 5.69 Å². The molecule has 6 nitrogen and oxygen atoms in total. The third-order valence-corrected chi connectivity index (χ3v) is 7.14. The van der Waals surface area contributed by atoms with Crippen molar-refractivity contribution in [2.45, 2.75) is 44.5 Å². The molecule has 2 heterocycles. The lowest BCUT2D eigenvalue weighted by atomic mass is 10.1. The first-order chi connectivity index (χ1) is 16.0. The Kier molecular flexibility index (Phi) is 7.50. The van der Waals surface area contributed by atoms with Crippen LogP contribution in [-0.2, 0) is 5.75 Å². The van der Waals surface area contributed by atoms with Gasteiger partial charge in [0.2, 0.25) is 0 Å². The molecule has 0 bridgehead atoms. The molecule has 0 aliphatic carbocycles. The highest BCUT2D eigenvalue weighted by atomic mass is 32.2. The van der Waals surface area contributed by atoms with E-state index in [-0.39, 0.29) is 11.8 Å². The van der Waals surface area contributed by atoms with Gasteiger partial charge in [0.1, 0.15) is 5.82 Å². The molecule has 3 aromatic rings. The maximum atomic E-state index is 12.9. The van der Waals surface area contributed by atoms with Crippen LogP contribution in [0.1, 0.15) is 54.0 Å². The summed E-state index contributed by atoms with van der Waals surface area (Å²) in [5.74, 6) is 2.14. The zero-order valence-electron chi connectivity index (χ0n) is 20.0. The van der Waals surface area contributed by atoms with Crippen molar-refractivity contribution in [1.29, 1.82) is 0 Å². The minimum absolute atomic E-state index is 0.130. The number of carbonyl (C=O) groups excluding carboxylic acids is 1.